The molecule has 0 radical (unpaired) electrons. The van der Waals surface area contributed by atoms with Crippen LogP contribution in [-0.4, -0.2) is 52.9 Å². The molecule has 0 unspecified atom stereocenters. The van der Waals surface area contributed by atoms with Gasteiger partial charge in [0.15, 0.2) is 0 Å². The predicted molar refractivity (Wildman–Crippen MR) is 144 cm³/mol. The van der Waals surface area contributed by atoms with E-state index in [0.717, 1.165) is 25.2 Å². The second-order valence-electron chi connectivity index (χ2n) is 8.89. The Morgan fingerprint density at radius 2 is 2.00 bits per heavy atom. The summed E-state index contributed by atoms with van der Waals surface area (Å²) in [4.78, 5) is 30.2. The van der Waals surface area contributed by atoms with Gasteiger partial charge in [0.05, 0.1) is 19.1 Å². The smallest absolute Gasteiger partial charge is 0.239 e. The third-order valence-electron chi connectivity index (χ3n) is 6.04. The average molecular weight is 597 g/mol. The highest BCUT2D eigenvalue weighted by Crippen LogP contribution is 2.54. The lowest BCUT2D eigenvalue weighted by Crippen LogP contribution is -2.49. The van der Waals surface area contributed by atoms with Gasteiger partial charge in [-0.3, -0.25) is 9.59 Å². The first-order valence-corrected chi connectivity index (χ1v) is 13.4. The molecule has 2 amide bonds. The minimum atomic E-state index is -1.04. The van der Waals surface area contributed by atoms with Crippen LogP contribution in [0.1, 0.15) is 49.4 Å². The minimum Gasteiger partial charge on any atom is -0.392 e. The van der Waals surface area contributed by atoms with Crippen LogP contribution in [0.2, 0.25) is 0 Å². The van der Waals surface area contributed by atoms with Crippen LogP contribution >= 0.6 is 34.4 Å². The molecular formula is C26H33IN2O4S. The zero-order chi connectivity index (χ0) is 24.9. The third kappa shape index (κ3) is 5.78. The Bertz CT molecular complexity index is 1010. The standard InChI is InChI=1S/C26H33IN2O4S/c1-17(2)29-23(31)15-26(25(32)28-12-5-13-33-4,34-20-9-6-18(3)7-10-20)24(29)21-11-8-19(16-30)14-22(21)27/h6-11,14,17,24,30H,5,12-13,15-16H2,1-4H3,(H,28,32)/t24-,26-/m1/s1. The molecule has 1 aliphatic rings. The van der Waals surface area contributed by atoms with Crippen molar-refractivity contribution >= 4 is 46.2 Å². The highest BCUT2D eigenvalue weighted by Gasteiger charge is 2.58. The molecule has 0 spiro atoms. The average Bonchev–Trinajstić information content (AvgIpc) is 3.10. The molecule has 0 aliphatic carbocycles. The molecular weight excluding hydrogens is 563 g/mol. The second kappa shape index (κ2) is 11.9. The number of halogens is 1. The largest absolute Gasteiger partial charge is 0.392 e. The molecule has 2 N–H and O–H groups in total. The van der Waals surface area contributed by atoms with Crippen molar-refractivity contribution in [2.75, 3.05) is 20.3 Å². The highest BCUT2D eigenvalue weighted by molar-refractivity contribution is 14.1. The zero-order valence-corrected chi connectivity index (χ0v) is 23.1. The summed E-state index contributed by atoms with van der Waals surface area (Å²) in [5, 5.41) is 12.7. The van der Waals surface area contributed by atoms with Crippen molar-refractivity contribution in [1.82, 2.24) is 10.2 Å². The van der Waals surface area contributed by atoms with Crippen LogP contribution in [0.25, 0.3) is 0 Å². The number of nitrogens with one attached hydrogen (secondary N) is 1. The van der Waals surface area contributed by atoms with Gasteiger partial charge in [-0.15, -0.1) is 11.8 Å². The first-order valence-electron chi connectivity index (χ1n) is 11.5. The van der Waals surface area contributed by atoms with Crippen molar-refractivity contribution in [3.63, 3.8) is 0 Å². The molecule has 1 aliphatic heterocycles. The SMILES string of the molecule is COCCCNC(=O)[C@@]1(Sc2ccc(C)cc2)CC(=O)N(C(C)C)[C@@H]1c1ccc(CO)cc1I. The zero-order valence-electron chi connectivity index (χ0n) is 20.1. The van der Waals surface area contributed by atoms with Gasteiger partial charge in [-0.25, -0.2) is 0 Å². The number of aliphatic hydroxyl groups is 1. The Kier molecular flexibility index (Phi) is 9.42. The van der Waals surface area contributed by atoms with Crippen molar-refractivity contribution in [1.29, 1.82) is 0 Å². The lowest BCUT2D eigenvalue weighted by atomic mass is 9.90. The number of benzene rings is 2. The number of nitrogens with zero attached hydrogens (tertiary/aromatic N) is 1. The highest BCUT2D eigenvalue weighted by atomic mass is 127. The van der Waals surface area contributed by atoms with Crippen LogP contribution in [0.4, 0.5) is 0 Å². The molecule has 1 fully saturated rings. The fraction of sp³-hybridized carbons (Fsp3) is 0.462. The molecule has 34 heavy (non-hydrogen) atoms. The van der Waals surface area contributed by atoms with E-state index in [1.165, 1.54) is 11.8 Å². The van der Waals surface area contributed by atoms with Gasteiger partial charge in [-0.05, 0) is 79.1 Å². The van der Waals surface area contributed by atoms with Gasteiger partial charge in [0.2, 0.25) is 11.8 Å². The minimum absolute atomic E-state index is 0.0336. The summed E-state index contributed by atoms with van der Waals surface area (Å²) in [6, 6.07) is 13.3. The van der Waals surface area contributed by atoms with Gasteiger partial charge >= 0.3 is 0 Å². The maximum absolute atomic E-state index is 13.9. The van der Waals surface area contributed by atoms with E-state index < -0.39 is 10.8 Å². The monoisotopic (exact) mass is 596 g/mol. The van der Waals surface area contributed by atoms with Crippen molar-refractivity contribution in [3.8, 4) is 0 Å². The van der Waals surface area contributed by atoms with Crippen LogP contribution in [0.5, 0.6) is 0 Å². The Labute approximate surface area is 220 Å². The number of hydrogen-bond donors (Lipinski definition) is 2. The number of carbonyl (C=O) groups is 2. The lowest BCUT2D eigenvalue weighted by molar-refractivity contribution is -0.130. The second-order valence-corrected chi connectivity index (χ2v) is 11.5. The fourth-order valence-electron chi connectivity index (χ4n) is 4.39. The summed E-state index contributed by atoms with van der Waals surface area (Å²) in [6.07, 6.45) is 0.811. The summed E-state index contributed by atoms with van der Waals surface area (Å²) >= 11 is 3.72. The molecule has 2 atom stereocenters. The van der Waals surface area contributed by atoms with Gasteiger partial charge in [0.25, 0.3) is 0 Å². The summed E-state index contributed by atoms with van der Waals surface area (Å²) in [5.41, 5.74) is 2.86. The van der Waals surface area contributed by atoms with E-state index in [1.54, 1.807) is 7.11 Å². The molecule has 0 aromatic heterocycles. The maximum Gasteiger partial charge on any atom is 0.239 e. The summed E-state index contributed by atoms with van der Waals surface area (Å²) in [5.74, 6) is -0.175. The van der Waals surface area contributed by atoms with Crippen LogP contribution in [0, 0.1) is 10.5 Å². The molecule has 1 heterocycles. The number of amides is 2. The van der Waals surface area contributed by atoms with Crippen LogP contribution < -0.4 is 5.32 Å². The summed E-state index contributed by atoms with van der Waals surface area (Å²) in [6.45, 7) is 6.98. The van der Waals surface area contributed by atoms with Crippen molar-refractivity contribution in [2.24, 2.45) is 0 Å². The normalized spacial score (nSPS) is 20.3. The fourth-order valence-corrected chi connectivity index (χ4v) is 6.67. The van der Waals surface area contributed by atoms with E-state index in [2.05, 4.69) is 27.9 Å². The molecule has 184 valence electrons. The Morgan fingerprint density at radius 1 is 1.29 bits per heavy atom. The number of carbonyl (C=O) groups excluding carboxylic acids is 2. The number of likely N-dealkylation sites (tertiary alicyclic amines) is 1. The van der Waals surface area contributed by atoms with Crippen molar-refractivity contribution < 1.29 is 19.4 Å². The predicted octanol–water partition coefficient (Wildman–Crippen LogP) is 4.46. The van der Waals surface area contributed by atoms with E-state index >= 15 is 0 Å². The van der Waals surface area contributed by atoms with Gasteiger partial charge in [0.1, 0.15) is 4.75 Å². The van der Waals surface area contributed by atoms with Crippen molar-refractivity contribution in [2.45, 2.75) is 61.9 Å². The molecule has 0 bridgehead atoms. The van der Waals surface area contributed by atoms with Gasteiger partial charge < -0.3 is 20.1 Å². The van der Waals surface area contributed by atoms with E-state index in [0.29, 0.717) is 19.6 Å². The van der Waals surface area contributed by atoms with Gasteiger partial charge in [-0.1, -0.05) is 29.8 Å². The topological polar surface area (TPSA) is 78.9 Å². The lowest BCUT2D eigenvalue weighted by Gasteiger charge is -2.38. The Balaban J connectivity index is 2.13. The van der Waals surface area contributed by atoms with E-state index in [-0.39, 0.29) is 30.9 Å². The number of aliphatic hydroxyl groups excluding tert-OH is 1. The maximum atomic E-state index is 13.9. The number of methoxy groups -OCH3 is 1. The number of rotatable bonds is 10. The van der Waals surface area contributed by atoms with Crippen LogP contribution in [0.3, 0.4) is 0 Å². The van der Waals surface area contributed by atoms with Crippen LogP contribution in [-0.2, 0) is 20.9 Å². The Hall–Kier alpha value is -1.62. The van der Waals surface area contributed by atoms with Gasteiger partial charge in [0, 0.05) is 34.8 Å². The molecule has 6 nitrogen and oxygen atoms in total. The number of hydrogen-bond acceptors (Lipinski definition) is 5. The van der Waals surface area contributed by atoms with Gasteiger partial charge in [-0.2, -0.15) is 0 Å². The quantitative estimate of drug-likeness (QED) is 0.313. The van der Waals surface area contributed by atoms with E-state index in [1.807, 2.05) is 68.1 Å². The molecule has 0 saturated carbocycles. The number of ether oxygens (including phenoxy) is 1. The molecule has 8 heteroatoms. The summed E-state index contributed by atoms with van der Waals surface area (Å²) < 4.78 is 5.02. The first kappa shape index (κ1) is 27.0. The molecule has 2 aromatic carbocycles. The first-order chi connectivity index (χ1) is 16.2. The third-order valence-corrected chi connectivity index (χ3v) is 8.40. The summed E-state index contributed by atoms with van der Waals surface area (Å²) in [7, 11) is 1.64. The molecule has 3 rings (SSSR count). The van der Waals surface area contributed by atoms with E-state index in [9.17, 15) is 14.7 Å². The number of aryl methyl sites for hydroxylation is 1. The van der Waals surface area contributed by atoms with Crippen LogP contribution in [0.15, 0.2) is 47.4 Å². The van der Waals surface area contributed by atoms with E-state index in [4.69, 9.17) is 4.74 Å². The molecule has 2 aromatic rings. The Morgan fingerprint density at radius 3 is 2.59 bits per heavy atom. The number of thioether (sulfide) groups is 1. The van der Waals surface area contributed by atoms with Crippen molar-refractivity contribution in [3.05, 3.63) is 62.7 Å². The molecule has 1 saturated heterocycles.